The minimum atomic E-state index is -0.139. The van der Waals surface area contributed by atoms with Gasteiger partial charge in [-0.05, 0) is 24.3 Å². The number of nitrogens with zero attached hydrogens (tertiary/aromatic N) is 4. The normalized spacial score (nSPS) is 13.8. The van der Waals surface area contributed by atoms with E-state index in [-0.39, 0.29) is 11.7 Å². The summed E-state index contributed by atoms with van der Waals surface area (Å²) in [5.41, 5.74) is 1.60. The van der Waals surface area contributed by atoms with Crippen molar-refractivity contribution in [3.8, 4) is 11.4 Å². The Kier molecular flexibility index (Phi) is 6.50. The largest absolute Gasteiger partial charge is 0.495 e. The monoisotopic (exact) mass is 425 g/mol. The highest BCUT2D eigenvalue weighted by molar-refractivity contribution is 7.99. The van der Waals surface area contributed by atoms with Crippen LogP contribution in [0.15, 0.2) is 59.8 Å². The van der Waals surface area contributed by atoms with Crippen LogP contribution in [0.1, 0.15) is 0 Å². The number of carbonyl (C=O) groups is 1. The fourth-order valence-corrected chi connectivity index (χ4v) is 3.94. The van der Waals surface area contributed by atoms with Gasteiger partial charge in [0.1, 0.15) is 5.75 Å². The van der Waals surface area contributed by atoms with Gasteiger partial charge in [-0.2, -0.15) is 0 Å². The van der Waals surface area contributed by atoms with Crippen LogP contribution in [0.4, 0.5) is 11.6 Å². The molecule has 1 aliphatic heterocycles. The molecule has 9 heteroatoms. The zero-order chi connectivity index (χ0) is 20.8. The number of thioether (sulfide) groups is 1. The molecule has 3 aromatic rings. The van der Waals surface area contributed by atoms with E-state index < -0.39 is 0 Å². The smallest absolute Gasteiger partial charge is 0.234 e. The summed E-state index contributed by atoms with van der Waals surface area (Å²) >= 11 is 1.35. The molecule has 4 rings (SSSR count). The van der Waals surface area contributed by atoms with Crippen LogP contribution < -0.4 is 15.0 Å². The molecule has 8 nitrogen and oxygen atoms in total. The molecule has 1 amide bonds. The number of anilines is 2. The minimum absolute atomic E-state index is 0.139. The second kappa shape index (κ2) is 9.64. The number of amides is 1. The predicted molar refractivity (Wildman–Crippen MR) is 117 cm³/mol. The van der Waals surface area contributed by atoms with Crippen molar-refractivity contribution in [2.24, 2.45) is 0 Å². The number of aromatic nitrogens is 3. The highest BCUT2D eigenvalue weighted by Crippen LogP contribution is 2.28. The van der Waals surface area contributed by atoms with Crippen LogP contribution in [-0.4, -0.2) is 59.8 Å². The van der Waals surface area contributed by atoms with Gasteiger partial charge in [-0.25, -0.2) is 0 Å². The molecule has 1 aliphatic rings. The third-order valence-corrected chi connectivity index (χ3v) is 5.57. The lowest BCUT2D eigenvalue weighted by molar-refractivity contribution is -0.113. The Morgan fingerprint density at radius 1 is 1.10 bits per heavy atom. The van der Waals surface area contributed by atoms with Gasteiger partial charge in [-0.3, -0.25) is 9.36 Å². The van der Waals surface area contributed by atoms with Gasteiger partial charge in [-0.15, -0.1) is 10.2 Å². The third-order valence-electron chi connectivity index (χ3n) is 4.64. The van der Waals surface area contributed by atoms with Gasteiger partial charge in [0, 0.05) is 13.1 Å². The highest BCUT2D eigenvalue weighted by atomic mass is 32.2. The van der Waals surface area contributed by atoms with E-state index in [1.54, 1.807) is 7.11 Å². The van der Waals surface area contributed by atoms with Crippen LogP contribution in [0, 0.1) is 0 Å². The molecule has 2 aromatic carbocycles. The van der Waals surface area contributed by atoms with Crippen molar-refractivity contribution >= 4 is 29.3 Å². The fourth-order valence-electron chi connectivity index (χ4n) is 3.19. The average molecular weight is 426 g/mol. The van der Waals surface area contributed by atoms with E-state index in [4.69, 9.17) is 9.47 Å². The number of morpholine rings is 1. The Morgan fingerprint density at radius 2 is 1.83 bits per heavy atom. The number of hydrogen-bond donors (Lipinski definition) is 1. The molecule has 2 heterocycles. The number of carbonyl (C=O) groups excluding carboxylic acids is 1. The number of methoxy groups -OCH3 is 1. The first-order valence-electron chi connectivity index (χ1n) is 9.65. The first-order chi connectivity index (χ1) is 14.8. The second-order valence-corrected chi connectivity index (χ2v) is 7.53. The number of para-hydroxylation sites is 3. The molecule has 1 N–H and O–H groups in total. The number of benzene rings is 2. The third kappa shape index (κ3) is 4.58. The maximum absolute atomic E-state index is 12.5. The number of ether oxygens (including phenoxy) is 2. The van der Waals surface area contributed by atoms with E-state index in [1.165, 1.54) is 11.8 Å². The standard InChI is InChI=1S/C21H23N5O3S/c1-28-18-10-6-5-9-17(18)22-19(27)15-30-21-24-23-20(25-11-13-29-14-12-25)26(21)16-7-3-2-4-8-16/h2-10H,11-15H2,1H3,(H,22,27). The lowest BCUT2D eigenvalue weighted by Gasteiger charge is -2.27. The minimum Gasteiger partial charge on any atom is -0.495 e. The Morgan fingerprint density at radius 3 is 2.60 bits per heavy atom. The summed E-state index contributed by atoms with van der Waals surface area (Å²) < 4.78 is 12.7. The SMILES string of the molecule is COc1ccccc1NC(=O)CSc1nnc(N2CCOCC2)n1-c1ccccc1. The molecule has 1 fully saturated rings. The first kappa shape index (κ1) is 20.2. The Balaban J connectivity index is 1.52. The Hall–Kier alpha value is -3.04. The molecule has 1 saturated heterocycles. The molecule has 0 aliphatic carbocycles. The van der Waals surface area contributed by atoms with Crippen molar-refractivity contribution in [2.45, 2.75) is 5.16 Å². The summed E-state index contributed by atoms with van der Waals surface area (Å²) in [7, 11) is 1.58. The van der Waals surface area contributed by atoms with E-state index in [0.717, 1.165) is 24.7 Å². The Labute approximate surface area is 179 Å². The molecule has 156 valence electrons. The van der Waals surface area contributed by atoms with Crippen LogP contribution in [0.25, 0.3) is 5.69 Å². The zero-order valence-electron chi connectivity index (χ0n) is 16.7. The summed E-state index contributed by atoms with van der Waals surface area (Å²) in [6, 6.07) is 17.3. The van der Waals surface area contributed by atoms with Crippen molar-refractivity contribution in [2.75, 3.05) is 49.4 Å². The quantitative estimate of drug-likeness (QED) is 0.583. The van der Waals surface area contributed by atoms with Gasteiger partial charge < -0.3 is 19.7 Å². The summed E-state index contributed by atoms with van der Waals surface area (Å²) in [6.07, 6.45) is 0. The van der Waals surface area contributed by atoms with Crippen molar-refractivity contribution in [1.82, 2.24) is 14.8 Å². The van der Waals surface area contributed by atoms with E-state index in [1.807, 2.05) is 59.2 Å². The van der Waals surface area contributed by atoms with E-state index in [2.05, 4.69) is 20.4 Å². The maximum atomic E-state index is 12.5. The maximum Gasteiger partial charge on any atom is 0.234 e. The summed E-state index contributed by atoms with van der Waals surface area (Å²) in [5.74, 6) is 1.45. The lowest BCUT2D eigenvalue weighted by atomic mass is 10.3. The average Bonchev–Trinajstić information content (AvgIpc) is 3.23. The van der Waals surface area contributed by atoms with Gasteiger partial charge in [0.15, 0.2) is 5.16 Å². The van der Waals surface area contributed by atoms with E-state index in [0.29, 0.717) is 29.8 Å². The van der Waals surface area contributed by atoms with E-state index in [9.17, 15) is 4.79 Å². The van der Waals surface area contributed by atoms with Gasteiger partial charge in [0.05, 0.1) is 37.5 Å². The zero-order valence-corrected chi connectivity index (χ0v) is 17.5. The molecule has 0 saturated carbocycles. The van der Waals surface area contributed by atoms with Crippen LogP contribution in [-0.2, 0) is 9.53 Å². The molecule has 30 heavy (non-hydrogen) atoms. The molecule has 0 atom stereocenters. The van der Waals surface area contributed by atoms with Gasteiger partial charge in [0.2, 0.25) is 11.9 Å². The summed E-state index contributed by atoms with van der Waals surface area (Å²) in [4.78, 5) is 14.7. The van der Waals surface area contributed by atoms with Gasteiger partial charge >= 0.3 is 0 Å². The van der Waals surface area contributed by atoms with Crippen LogP contribution >= 0.6 is 11.8 Å². The van der Waals surface area contributed by atoms with Crippen molar-refractivity contribution in [3.05, 3.63) is 54.6 Å². The molecule has 0 bridgehead atoms. The van der Waals surface area contributed by atoms with Crippen molar-refractivity contribution in [1.29, 1.82) is 0 Å². The van der Waals surface area contributed by atoms with Crippen LogP contribution in [0.3, 0.4) is 0 Å². The molecular weight excluding hydrogens is 402 g/mol. The fraction of sp³-hybridized carbons (Fsp3) is 0.286. The lowest BCUT2D eigenvalue weighted by Crippen LogP contribution is -2.37. The first-order valence-corrected chi connectivity index (χ1v) is 10.6. The van der Waals surface area contributed by atoms with Crippen LogP contribution in [0.2, 0.25) is 0 Å². The van der Waals surface area contributed by atoms with Gasteiger partial charge in [-0.1, -0.05) is 42.1 Å². The second-order valence-electron chi connectivity index (χ2n) is 6.59. The molecule has 0 radical (unpaired) electrons. The van der Waals surface area contributed by atoms with Crippen molar-refractivity contribution in [3.63, 3.8) is 0 Å². The number of rotatable bonds is 7. The summed E-state index contributed by atoms with van der Waals surface area (Å²) in [6.45, 7) is 2.82. The molecule has 1 aromatic heterocycles. The number of nitrogens with one attached hydrogen (secondary N) is 1. The predicted octanol–water partition coefficient (Wildman–Crippen LogP) is 2.84. The van der Waals surface area contributed by atoms with Gasteiger partial charge in [0.25, 0.3) is 0 Å². The van der Waals surface area contributed by atoms with Crippen LogP contribution in [0.5, 0.6) is 5.75 Å². The molecular formula is C21H23N5O3S. The number of hydrogen-bond acceptors (Lipinski definition) is 7. The van der Waals surface area contributed by atoms with E-state index >= 15 is 0 Å². The molecule has 0 spiro atoms. The van der Waals surface area contributed by atoms with Crippen molar-refractivity contribution < 1.29 is 14.3 Å². The highest BCUT2D eigenvalue weighted by Gasteiger charge is 2.22. The summed E-state index contributed by atoms with van der Waals surface area (Å²) in [5, 5.41) is 12.3. The topological polar surface area (TPSA) is 81.5 Å². The Bertz CT molecular complexity index is 989. The molecule has 0 unspecified atom stereocenters.